The van der Waals surface area contributed by atoms with Crippen molar-refractivity contribution in [3.05, 3.63) is 72.1 Å². The van der Waals surface area contributed by atoms with E-state index in [-0.39, 0.29) is 17.0 Å². The molecule has 0 saturated carbocycles. The van der Waals surface area contributed by atoms with Crippen molar-refractivity contribution in [3.8, 4) is 5.75 Å². The first-order chi connectivity index (χ1) is 13.0. The van der Waals surface area contributed by atoms with Crippen molar-refractivity contribution >= 4 is 23.3 Å². The maximum Gasteiger partial charge on any atom is 0.346 e. The van der Waals surface area contributed by atoms with Gasteiger partial charge < -0.3 is 15.4 Å². The fourth-order valence-electron chi connectivity index (χ4n) is 2.25. The Bertz CT molecular complexity index is 987. The highest BCUT2D eigenvalue weighted by molar-refractivity contribution is 6.04. The number of carbonyl (C=O) groups excluding carboxylic acids is 2. The first kappa shape index (κ1) is 18.1. The van der Waals surface area contributed by atoms with Crippen LogP contribution in [-0.2, 0) is 0 Å². The van der Waals surface area contributed by atoms with Crippen molar-refractivity contribution in [1.82, 2.24) is 9.78 Å². The lowest BCUT2D eigenvalue weighted by Crippen LogP contribution is -2.20. The van der Waals surface area contributed by atoms with Crippen LogP contribution in [0.2, 0.25) is 0 Å². The van der Waals surface area contributed by atoms with E-state index >= 15 is 0 Å². The van der Waals surface area contributed by atoms with Crippen molar-refractivity contribution in [1.29, 1.82) is 0 Å². The van der Waals surface area contributed by atoms with E-state index in [2.05, 4.69) is 15.7 Å². The Labute approximate surface area is 152 Å². The molecule has 138 valence electrons. The van der Waals surface area contributed by atoms with Crippen LogP contribution in [0.3, 0.4) is 0 Å². The van der Waals surface area contributed by atoms with Crippen LogP contribution in [0, 0.1) is 11.6 Å². The average Bonchev–Trinajstić information content (AvgIpc) is 3.12. The second-order valence-electron chi connectivity index (χ2n) is 5.39. The van der Waals surface area contributed by atoms with Crippen LogP contribution in [0.25, 0.3) is 0 Å². The van der Waals surface area contributed by atoms with Gasteiger partial charge in [-0.2, -0.15) is 9.78 Å². The minimum Gasteiger partial charge on any atom is -0.494 e. The summed E-state index contributed by atoms with van der Waals surface area (Å²) in [6.07, 6.45) is 2.50. The van der Waals surface area contributed by atoms with Crippen LogP contribution in [0.5, 0.6) is 5.75 Å². The quantitative estimate of drug-likeness (QED) is 0.734. The van der Waals surface area contributed by atoms with E-state index < -0.39 is 23.6 Å². The number of carbonyl (C=O) groups is 2. The number of halogens is 2. The maximum atomic E-state index is 14.1. The number of amides is 2. The van der Waals surface area contributed by atoms with E-state index in [4.69, 9.17) is 4.74 Å². The lowest BCUT2D eigenvalue weighted by atomic mass is 10.2. The van der Waals surface area contributed by atoms with Crippen LogP contribution in [0.1, 0.15) is 10.4 Å². The Balaban J connectivity index is 1.69. The number of nitrogens with zero attached hydrogens (tertiary/aromatic N) is 2. The normalized spacial score (nSPS) is 10.3. The molecule has 0 aliphatic carbocycles. The summed E-state index contributed by atoms with van der Waals surface area (Å²) < 4.78 is 32.8. The van der Waals surface area contributed by atoms with Gasteiger partial charge in [0.15, 0.2) is 11.6 Å². The summed E-state index contributed by atoms with van der Waals surface area (Å²) in [5.41, 5.74) is 0.357. The van der Waals surface area contributed by atoms with Crippen LogP contribution in [0.15, 0.2) is 54.9 Å². The van der Waals surface area contributed by atoms with Crippen LogP contribution in [-0.4, -0.2) is 28.8 Å². The third kappa shape index (κ3) is 4.09. The molecule has 0 unspecified atom stereocenters. The number of hydrogen-bond donors (Lipinski definition) is 2. The molecular formula is C18H14F2N4O3. The summed E-state index contributed by atoms with van der Waals surface area (Å²) in [7, 11) is 1.30. The summed E-state index contributed by atoms with van der Waals surface area (Å²) in [5, 5.41) is 8.79. The molecule has 2 aromatic carbocycles. The van der Waals surface area contributed by atoms with Crippen molar-refractivity contribution in [2.75, 3.05) is 17.7 Å². The molecule has 0 spiro atoms. The van der Waals surface area contributed by atoms with Crippen molar-refractivity contribution in [3.63, 3.8) is 0 Å². The molecule has 1 heterocycles. The number of methoxy groups -OCH3 is 1. The van der Waals surface area contributed by atoms with Crippen molar-refractivity contribution in [2.24, 2.45) is 0 Å². The molecule has 0 radical (unpaired) electrons. The number of anilines is 2. The van der Waals surface area contributed by atoms with Gasteiger partial charge in [0, 0.05) is 5.69 Å². The number of nitrogens with one attached hydrogen (secondary N) is 2. The van der Waals surface area contributed by atoms with E-state index in [9.17, 15) is 18.4 Å². The van der Waals surface area contributed by atoms with Gasteiger partial charge in [0.25, 0.3) is 5.91 Å². The largest absolute Gasteiger partial charge is 0.494 e. The molecule has 0 fully saturated rings. The van der Waals surface area contributed by atoms with E-state index in [0.717, 1.165) is 4.68 Å². The zero-order valence-electron chi connectivity index (χ0n) is 14.1. The third-order valence-electron chi connectivity index (χ3n) is 3.57. The van der Waals surface area contributed by atoms with Gasteiger partial charge in [-0.3, -0.25) is 4.79 Å². The smallest absolute Gasteiger partial charge is 0.346 e. The van der Waals surface area contributed by atoms with Crippen LogP contribution in [0.4, 0.5) is 25.0 Å². The minimum atomic E-state index is -0.793. The van der Waals surface area contributed by atoms with Gasteiger partial charge in [0.1, 0.15) is 5.82 Å². The second-order valence-corrected chi connectivity index (χ2v) is 5.39. The van der Waals surface area contributed by atoms with Crippen LogP contribution < -0.4 is 15.4 Å². The fourth-order valence-corrected chi connectivity index (χ4v) is 2.25. The molecule has 1 aromatic heterocycles. The second kappa shape index (κ2) is 7.65. The summed E-state index contributed by atoms with van der Waals surface area (Å²) in [4.78, 5) is 24.3. The van der Waals surface area contributed by atoms with Gasteiger partial charge >= 0.3 is 6.03 Å². The SMILES string of the molecule is COc1cccc(C(=O)Nc2cnn(C(=O)Nc3ccc(F)cc3)c2)c1F. The van der Waals surface area contributed by atoms with E-state index in [1.165, 1.54) is 62.0 Å². The summed E-state index contributed by atoms with van der Waals surface area (Å²) in [5.74, 6) is -2.00. The van der Waals surface area contributed by atoms with Crippen molar-refractivity contribution in [2.45, 2.75) is 0 Å². The topological polar surface area (TPSA) is 85.2 Å². The van der Waals surface area contributed by atoms with Gasteiger partial charge in [-0.1, -0.05) is 6.07 Å². The van der Waals surface area contributed by atoms with Gasteiger partial charge in [0.05, 0.1) is 30.8 Å². The fraction of sp³-hybridized carbons (Fsp3) is 0.0556. The predicted molar refractivity (Wildman–Crippen MR) is 93.9 cm³/mol. The number of ether oxygens (including phenoxy) is 1. The molecule has 9 heteroatoms. The Morgan fingerprint density at radius 3 is 2.48 bits per heavy atom. The minimum absolute atomic E-state index is 0.0583. The van der Waals surface area contributed by atoms with Gasteiger partial charge in [-0.05, 0) is 36.4 Å². The van der Waals surface area contributed by atoms with Gasteiger partial charge in [-0.25, -0.2) is 13.6 Å². The Kier molecular flexibility index (Phi) is 5.11. The first-order valence-electron chi connectivity index (χ1n) is 7.73. The molecule has 7 nitrogen and oxygen atoms in total. The van der Waals surface area contributed by atoms with Crippen LogP contribution >= 0.6 is 0 Å². The average molecular weight is 372 g/mol. The molecule has 2 amide bonds. The highest BCUT2D eigenvalue weighted by Crippen LogP contribution is 2.21. The maximum absolute atomic E-state index is 14.1. The summed E-state index contributed by atoms with van der Waals surface area (Å²) in [6.45, 7) is 0. The van der Waals surface area contributed by atoms with Gasteiger partial charge in [0.2, 0.25) is 0 Å². The monoisotopic (exact) mass is 372 g/mol. The summed E-state index contributed by atoms with van der Waals surface area (Å²) >= 11 is 0. The zero-order valence-corrected chi connectivity index (χ0v) is 14.1. The predicted octanol–water partition coefficient (Wildman–Crippen LogP) is 3.50. The summed E-state index contributed by atoms with van der Waals surface area (Å²) in [6, 6.07) is 8.75. The van der Waals surface area contributed by atoms with E-state index in [0.29, 0.717) is 5.69 Å². The lowest BCUT2D eigenvalue weighted by Gasteiger charge is -2.07. The lowest BCUT2D eigenvalue weighted by molar-refractivity contribution is 0.102. The van der Waals surface area contributed by atoms with Crippen molar-refractivity contribution < 1.29 is 23.1 Å². The molecule has 0 aliphatic rings. The standard InChI is InChI=1S/C18H14F2N4O3/c1-27-15-4-2-3-14(16(15)20)17(25)22-13-9-21-24(10-13)18(26)23-12-7-5-11(19)6-8-12/h2-10H,1H3,(H,22,25)(H,23,26). The molecule has 0 bridgehead atoms. The molecule has 0 aliphatic heterocycles. The molecule has 27 heavy (non-hydrogen) atoms. The highest BCUT2D eigenvalue weighted by atomic mass is 19.1. The molecule has 3 rings (SSSR count). The van der Waals surface area contributed by atoms with E-state index in [1.807, 2.05) is 0 Å². The highest BCUT2D eigenvalue weighted by Gasteiger charge is 2.17. The number of benzene rings is 2. The number of aromatic nitrogens is 2. The molecule has 0 atom stereocenters. The molecule has 3 aromatic rings. The molecular weight excluding hydrogens is 358 g/mol. The number of hydrogen-bond acceptors (Lipinski definition) is 4. The van der Waals surface area contributed by atoms with E-state index in [1.54, 1.807) is 0 Å². The molecule has 0 saturated heterocycles. The molecule has 2 N–H and O–H groups in total. The Hall–Kier alpha value is -3.75. The third-order valence-corrected chi connectivity index (χ3v) is 3.57. The Morgan fingerprint density at radius 2 is 1.78 bits per heavy atom. The van der Waals surface area contributed by atoms with Gasteiger partial charge in [-0.15, -0.1) is 0 Å². The Morgan fingerprint density at radius 1 is 1.04 bits per heavy atom. The zero-order chi connectivity index (χ0) is 19.4. The number of rotatable bonds is 4. The first-order valence-corrected chi connectivity index (χ1v) is 7.73.